The van der Waals surface area contributed by atoms with Gasteiger partial charge in [-0.2, -0.15) is 13.2 Å². The molecule has 0 aliphatic carbocycles. The standard InChI is InChI=1S/C26H25F4N3O2/c27-19-4-1-3-17(15-19)6-9-24(34)32-12-10-20(11-13-32)33-22-8-7-18(26(28,29)30)16-21(22)31-25(33)23-5-2-14-35-23/h1,3-4,6-9,15-16,20,23H,2,5,10-14H2. The Balaban J connectivity index is 1.36. The first kappa shape index (κ1) is 23.5. The summed E-state index contributed by atoms with van der Waals surface area (Å²) in [6.45, 7) is 1.61. The summed E-state index contributed by atoms with van der Waals surface area (Å²) >= 11 is 0. The summed E-state index contributed by atoms with van der Waals surface area (Å²) in [5.41, 5.74) is 0.845. The van der Waals surface area contributed by atoms with Crippen molar-refractivity contribution >= 4 is 23.0 Å². The SMILES string of the molecule is O=C(C=Cc1cccc(F)c1)N1CCC(n2c(C3CCCO3)nc3cc(C(F)(F)F)ccc32)CC1. The van der Waals surface area contributed by atoms with Gasteiger partial charge in [-0.1, -0.05) is 12.1 Å². The van der Waals surface area contributed by atoms with Crippen molar-refractivity contribution < 1.29 is 27.1 Å². The number of hydrogen-bond acceptors (Lipinski definition) is 3. The zero-order valence-electron chi connectivity index (χ0n) is 19.0. The van der Waals surface area contributed by atoms with Crippen molar-refractivity contribution in [2.24, 2.45) is 0 Å². The monoisotopic (exact) mass is 487 g/mol. The molecule has 3 aromatic rings. The van der Waals surface area contributed by atoms with Gasteiger partial charge in [0.25, 0.3) is 0 Å². The molecule has 5 rings (SSSR count). The van der Waals surface area contributed by atoms with Gasteiger partial charge in [-0.05, 0) is 67.7 Å². The highest BCUT2D eigenvalue weighted by Crippen LogP contribution is 2.38. The van der Waals surface area contributed by atoms with Gasteiger partial charge in [0.2, 0.25) is 5.91 Å². The fraction of sp³-hybridized carbons (Fsp3) is 0.385. The molecule has 35 heavy (non-hydrogen) atoms. The van der Waals surface area contributed by atoms with E-state index in [9.17, 15) is 22.4 Å². The molecule has 3 heterocycles. The molecule has 0 radical (unpaired) electrons. The van der Waals surface area contributed by atoms with Crippen LogP contribution in [0.1, 0.15) is 54.8 Å². The topological polar surface area (TPSA) is 47.4 Å². The van der Waals surface area contributed by atoms with Gasteiger partial charge in [-0.15, -0.1) is 0 Å². The van der Waals surface area contributed by atoms with Gasteiger partial charge in [0.15, 0.2) is 0 Å². The zero-order valence-corrected chi connectivity index (χ0v) is 19.0. The van der Waals surface area contributed by atoms with Crippen molar-refractivity contribution in [3.05, 3.63) is 71.3 Å². The Kier molecular flexibility index (Phi) is 6.35. The van der Waals surface area contributed by atoms with Crippen molar-refractivity contribution in [3.8, 4) is 0 Å². The van der Waals surface area contributed by atoms with Crippen LogP contribution in [0, 0.1) is 5.82 Å². The number of likely N-dealkylation sites (tertiary alicyclic amines) is 1. The number of ether oxygens (including phenoxy) is 1. The molecule has 0 saturated carbocycles. The van der Waals surface area contributed by atoms with Gasteiger partial charge < -0.3 is 14.2 Å². The van der Waals surface area contributed by atoms with Gasteiger partial charge >= 0.3 is 6.18 Å². The lowest BCUT2D eigenvalue weighted by Gasteiger charge is -2.33. The summed E-state index contributed by atoms with van der Waals surface area (Å²) in [7, 11) is 0. The lowest BCUT2D eigenvalue weighted by molar-refractivity contribution is -0.137. The molecule has 1 unspecified atom stereocenters. The zero-order chi connectivity index (χ0) is 24.6. The minimum absolute atomic E-state index is 0.00724. The number of rotatable bonds is 4. The largest absolute Gasteiger partial charge is 0.416 e. The Morgan fingerprint density at radius 3 is 2.57 bits per heavy atom. The van der Waals surface area contributed by atoms with Crippen molar-refractivity contribution in [1.29, 1.82) is 0 Å². The van der Waals surface area contributed by atoms with Crippen LogP contribution in [-0.4, -0.2) is 40.1 Å². The van der Waals surface area contributed by atoms with E-state index in [0.29, 0.717) is 55.0 Å². The lowest BCUT2D eigenvalue weighted by Crippen LogP contribution is -2.38. The fourth-order valence-corrected chi connectivity index (χ4v) is 4.91. The molecule has 1 aromatic heterocycles. The maximum Gasteiger partial charge on any atom is 0.416 e. The highest BCUT2D eigenvalue weighted by Gasteiger charge is 2.34. The molecule has 2 fully saturated rings. The third-order valence-electron chi connectivity index (χ3n) is 6.67. The van der Waals surface area contributed by atoms with Gasteiger partial charge in [-0.3, -0.25) is 4.79 Å². The minimum Gasteiger partial charge on any atom is -0.370 e. The molecule has 9 heteroatoms. The Bertz CT molecular complexity index is 1250. The van der Waals surface area contributed by atoms with Crippen LogP contribution in [0.4, 0.5) is 17.6 Å². The first-order valence-corrected chi connectivity index (χ1v) is 11.7. The van der Waals surface area contributed by atoms with E-state index in [1.807, 2.05) is 4.57 Å². The van der Waals surface area contributed by atoms with Crippen LogP contribution in [0.3, 0.4) is 0 Å². The number of aromatic nitrogens is 2. The van der Waals surface area contributed by atoms with E-state index >= 15 is 0 Å². The van der Waals surface area contributed by atoms with E-state index in [0.717, 1.165) is 25.0 Å². The molecule has 0 N–H and O–H groups in total. The summed E-state index contributed by atoms with van der Waals surface area (Å²) in [5, 5.41) is 0. The van der Waals surface area contributed by atoms with E-state index in [-0.39, 0.29) is 23.9 Å². The van der Waals surface area contributed by atoms with Crippen molar-refractivity contribution in [1.82, 2.24) is 14.5 Å². The highest BCUT2D eigenvalue weighted by molar-refractivity contribution is 5.91. The van der Waals surface area contributed by atoms with Crippen LogP contribution >= 0.6 is 0 Å². The number of benzene rings is 2. The van der Waals surface area contributed by atoms with Crippen LogP contribution in [0.25, 0.3) is 17.1 Å². The molecule has 184 valence electrons. The summed E-state index contributed by atoms with van der Waals surface area (Å²) in [6.07, 6.45) is 1.30. The van der Waals surface area contributed by atoms with Crippen LogP contribution in [-0.2, 0) is 15.7 Å². The molecule has 1 amide bonds. The molecule has 2 aliphatic rings. The van der Waals surface area contributed by atoms with Crippen LogP contribution in [0.2, 0.25) is 0 Å². The number of carbonyl (C=O) groups excluding carboxylic acids is 1. The Hall–Kier alpha value is -3.20. The number of piperidine rings is 1. The molecular weight excluding hydrogens is 462 g/mol. The molecule has 2 aromatic carbocycles. The molecule has 0 bridgehead atoms. The average Bonchev–Trinajstić information content (AvgIpc) is 3.49. The van der Waals surface area contributed by atoms with Gasteiger partial charge in [-0.25, -0.2) is 9.37 Å². The number of nitrogens with zero attached hydrogens (tertiary/aromatic N) is 3. The first-order valence-electron chi connectivity index (χ1n) is 11.7. The molecule has 0 spiro atoms. The van der Waals surface area contributed by atoms with Gasteiger partial charge in [0.05, 0.1) is 16.6 Å². The normalized spacial score (nSPS) is 19.8. The summed E-state index contributed by atoms with van der Waals surface area (Å²) in [6, 6.07) is 9.69. The number of fused-ring (bicyclic) bond motifs is 1. The van der Waals surface area contributed by atoms with Gasteiger partial charge in [0, 0.05) is 31.8 Å². The molecule has 2 saturated heterocycles. The van der Waals surface area contributed by atoms with Crippen molar-refractivity contribution in [3.63, 3.8) is 0 Å². The summed E-state index contributed by atoms with van der Waals surface area (Å²) in [4.78, 5) is 19.0. The number of halogens is 4. The van der Waals surface area contributed by atoms with E-state index < -0.39 is 11.7 Å². The number of hydrogen-bond donors (Lipinski definition) is 0. The predicted octanol–water partition coefficient (Wildman–Crippen LogP) is 5.92. The lowest BCUT2D eigenvalue weighted by atomic mass is 10.0. The van der Waals surface area contributed by atoms with E-state index in [4.69, 9.17) is 4.74 Å². The smallest absolute Gasteiger partial charge is 0.370 e. The predicted molar refractivity (Wildman–Crippen MR) is 123 cm³/mol. The second-order valence-electron chi connectivity index (χ2n) is 8.99. The van der Waals surface area contributed by atoms with E-state index in [1.165, 1.54) is 24.3 Å². The Labute approximate surface area is 200 Å². The average molecular weight is 487 g/mol. The van der Waals surface area contributed by atoms with E-state index in [1.54, 1.807) is 23.1 Å². The number of alkyl halides is 3. The quantitative estimate of drug-likeness (QED) is 0.339. The van der Waals surface area contributed by atoms with E-state index in [2.05, 4.69) is 4.98 Å². The maximum atomic E-state index is 13.4. The third kappa shape index (κ3) is 4.96. The fourth-order valence-electron chi connectivity index (χ4n) is 4.91. The summed E-state index contributed by atoms with van der Waals surface area (Å²) < 4.78 is 61.0. The van der Waals surface area contributed by atoms with Gasteiger partial charge in [0.1, 0.15) is 17.7 Å². The summed E-state index contributed by atoms with van der Waals surface area (Å²) in [5.74, 6) is 0.141. The third-order valence-corrected chi connectivity index (χ3v) is 6.67. The Morgan fingerprint density at radius 2 is 1.89 bits per heavy atom. The molecular formula is C26H25F4N3O2. The second-order valence-corrected chi connectivity index (χ2v) is 8.99. The maximum absolute atomic E-state index is 13.4. The first-order chi connectivity index (χ1) is 16.8. The van der Waals surface area contributed by atoms with Crippen molar-refractivity contribution in [2.45, 2.75) is 44.0 Å². The second kappa shape index (κ2) is 9.45. The Morgan fingerprint density at radius 1 is 1.09 bits per heavy atom. The molecule has 1 atom stereocenters. The minimum atomic E-state index is -4.44. The van der Waals surface area contributed by atoms with Crippen LogP contribution in [0.15, 0.2) is 48.5 Å². The van der Waals surface area contributed by atoms with Crippen LogP contribution in [0.5, 0.6) is 0 Å². The molecule has 2 aliphatic heterocycles. The molecule has 5 nitrogen and oxygen atoms in total. The number of imidazole rings is 1. The highest BCUT2D eigenvalue weighted by atomic mass is 19.4. The number of carbonyl (C=O) groups is 1. The number of amides is 1. The van der Waals surface area contributed by atoms with Crippen molar-refractivity contribution in [2.75, 3.05) is 19.7 Å². The van der Waals surface area contributed by atoms with Crippen LogP contribution < -0.4 is 0 Å².